The molecule has 0 aliphatic rings. The summed E-state index contributed by atoms with van der Waals surface area (Å²) in [6, 6.07) is 25.6. The average molecular weight is 370 g/mol. The van der Waals surface area contributed by atoms with Gasteiger partial charge in [-0.3, -0.25) is 4.79 Å². The maximum absolute atomic E-state index is 12.5. The fourth-order valence-corrected chi connectivity index (χ4v) is 3.21. The highest BCUT2D eigenvalue weighted by atomic mass is 16.3. The van der Waals surface area contributed by atoms with Crippen molar-refractivity contribution in [1.29, 1.82) is 0 Å². The van der Waals surface area contributed by atoms with Crippen LogP contribution < -0.4 is 5.32 Å². The molecule has 0 aliphatic carbocycles. The molecular weight excluding hydrogens is 348 g/mol. The van der Waals surface area contributed by atoms with Crippen molar-refractivity contribution in [2.75, 3.05) is 6.54 Å². The molecule has 0 saturated heterocycles. The lowest BCUT2D eigenvalue weighted by atomic mass is 10.0. The van der Waals surface area contributed by atoms with Crippen molar-refractivity contribution >= 4 is 17.0 Å². The van der Waals surface area contributed by atoms with Crippen molar-refractivity contribution in [3.05, 3.63) is 101 Å². The Hall–Kier alpha value is -3.40. The van der Waals surface area contributed by atoms with Crippen molar-refractivity contribution in [2.24, 2.45) is 0 Å². The lowest BCUT2D eigenvalue weighted by Gasteiger charge is -2.13. The molecule has 140 valence electrons. The van der Waals surface area contributed by atoms with Crippen LogP contribution in [0.5, 0.6) is 0 Å². The van der Waals surface area contributed by atoms with E-state index in [9.17, 15) is 4.79 Å². The lowest BCUT2D eigenvalue weighted by Crippen LogP contribution is -2.27. The molecule has 0 fully saturated rings. The average Bonchev–Trinajstić information content (AvgIpc) is 3.14. The molecule has 1 N–H and O–H groups in total. The van der Waals surface area contributed by atoms with Gasteiger partial charge >= 0.3 is 0 Å². The highest BCUT2D eigenvalue weighted by Crippen LogP contribution is 2.20. The van der Waals surface area contributed by atoms with Crippen molar-refractivity contribution in [2.45, 2.75) is 19.3 Å². The van der Waals surface area contributed by atoms with Crippen molar-refractivity contribution in [3.63, 3.8) is 0 Å². The molecule has 1 heterocycles. The number of fused-ring (bicyclic) bond motifs is 1. The smallest absolute Gasteiger partial charge is 0.251 e. The van der Waals surface area contributed by atoms with Crippen LogP contribution in [-0.2, 0) is 6.42 Å². The maximum atomic E-state index is 12.5. The molecule has 0 spiro atoms. The van der Waals surface area contributed by atoms with Gasteiger partial charge in [0.15, 0.2) is 11.5 Å². The topological polar surface area (TPSA) is 55.1 Å². The summed E-state index contributed by atoms with van der Waals surface area (Å²) in [6.07, 6.45) is 0.631. The Morgan fingerprint density at radius 3 is 2.46 bits per heavy atom. The summed E-state index contributed by atoms with van der Waals surface area (Å²) < 4.78 is 5.87. The van der Waals surface area contributed by atoms with Crippen LogP contribution in [0.15, 0.2) is 83.3 Å². The molecule has 1 amide bonds. The number of carbonyl (C=O) groups is 1. The fraction of sp³-hybridized carbons (Fsp3) is 0.167. The van der Waals surface area contributed by atoms with Crippen LogP contribution in [0.1, 0.15) is 40.2 Å². The van der Waals surface area contributed by atoms with Crippen LogP contribution in [0, 0.1) is 0 Å². The third kappa shape index (κ3) is 4.12. The molecule has 0 bridgehead atoms. The minimum atomic E-state index is -0.106. The number of nitrogens with zero attached hydrogens (tertiary/aromatic N) is 1. The molecule has 28 heavy (non-hydrogen) atoms. The Kier molecular flexibility index (Phi) is 5.20. The molecule has 1 atom stereocenters. The number of hydrogen-bond acceptors (Lipinski definition) is 3. The van der Waals surface area contributed by atoms with Crippen LogP contribution in [0.4, 0.5) is 0 Å². The fourth-order valence-electron chi connectivity index (χ4n) is 3.21. The third-order valence-electron chi connectivity index (χ3n) is 4.83. The molecule has 0 saturated carbocycles. The van der Waals surface area contributed by atoms with Gasteiger partial charge in [-0.25, -0.2) is 4.98 Å². The van der Waals surface area contributed by atoms with Gasteiger partial charge in [-0.15, -0.1) is 0 Å². The van der Waals surface area contributed by atoms with E-state index in [1.807, 2.05) is 54.6 Å². The highest BCUT2D eigenvalue weighted by Gasteiger charge is 2.13. The number of nitrogens with one attached hydrogen (secondary N) is 1. The molecule has 4 aromatic rings. The molecule has 0 radical (unpaired) electrons. The summed E-state index contributed by atoms with van der Waals surface area (Å²) in [7, 11) is 0. The first-order valence-electron chi connectivity index (χ1n) is 9.45. The SMILES string of the molecule is CC(CNC(=O)c1ccc2nc(Cc3ccccc3)oc2c1)c1ccccc1. The normalized spacial score (nSPS) is 12.0. The largest absolute Gasteiger partial charge is 0.440 e. The number of rotatable bonds is 6. The zero-order chi connectivity index (χ0) is 19.3. The van der Waals surface area contributed by atoms with E-state index >= 15 is 0 Å². The molecule has 1 aromatic heterocycles. The van der Waals surface area contributed by atoms with E-state index in [1.54, 1.807) is 12.1 Å². The molecule has 4 rings (SSSR count). The second-order valence-electron chi connectivity index (χ2n) is 6.97. The summed E-state index contributed by atoms with van der Waals surface area (Å²) in [5, 5.41) is 3.01. The Labute approximate surface area is 164 Å². The first-order valence-corrected chi connectivity index (χ1v) is 9.45. The van der Waals surface area contributed by atoms with E-state index in [1.165, 1.54) is 5.56 Å². The van der Waals surface area contributed by atoms with E-state index in [-0.39, 0.29) is 11.8 Å². The minimum Gasteiger partial charge on any atom is -0.440 e. The van der Waals surface area contributed by atoms with Crippen LogP contribution >= 0.6 is 0 Å². The summed E-state index contributed by atoms with van der Waals surface area (Å²) in [5.74, 6) is 0.791. The Morgan fingerprint density at radius 2 is 1.71 bits per heavy atom. The quantitative estimate of drug-likeness (QED) is 0.522. The predicted octanol–water partition coefficient (Wildman–Crippen LogP) is 4.95. The van der Waals surface area contributed by atoms with Gasteiger partial charge in [-0.1, -0.05) is 67.6 Å². The van der Waals surface area contributed by atoms with E-state index in [0.29, 0.717) is 30.0 Å². The third-order valence-corrected chi connectivity index (χ3v) is 4.83. The Balaban J connectivity index is 1.44. The molecule has 4 nitrogen and oxygen atoms in total. The van der Waals surface area contributed by atoms with Gasteiger partial charge in [-0.2, -0.15) is 0 Å². The summed E-state index contributed by atoms with van der Waals surface area (Å²) in [6.45, 7) is 2.68. The number of amides is 1. The number of hydrogen-bond donors (Lipinski definition) is 1. The standard InChI is InChI=1S/C24H22N2O2/c1-17(19-10-6-3-7-11-19)16-25-24(27)20-12-13-21-22(15-20)28-23(26-21)14-18-8-4-2-5-9-18/h2-13,15,17H,14,16H2,1H3,(H,25,27). The van der Waals surface area contributed by atoms with E-state index in [0.717, 1.165) is 11.1 Å². The maximum Gasteiger partial charge on any atom is 0.251 e. The van der Waals surface area contributed by atoms with Gasteiger partial charge in [0.25, 0.3) is 5.91 Å². The Morgan fingerprint density at radius 1 is 1.00 bits per heavy atom. The second-order valence-corrected chi connectivity index (χ2v) is 6.97. The van der Waals surface area contributed by atoms with Gasteiger partial charge in [-0.05, 0) is 35.2 Å². The van der Waals surface area contributed by atoms with Crippen molar-refractivity contribution in [1.82, 2.24) is 10.3 Å². The van der Waals surface area contributed by atoms with Crippen LogP contribution in [0.2, 0.25) is 0 Å². The first kappa shape index (κ1) is 18.0. The van der Waals surface area contributed by atoms with E-state index in [4.69, 9.17) is 4.42 Å². The van der Waals surface area contributed by atoms with Gasteiger partial charge in [0.2, 0.25) is 0 Å². The number of benzene rings is 3. The predicted molar refractivity (Wildman–Crippen MR) is 110 cm³/mol. The van der Waals surface area contributed by atoms with Gasteiger partial charge in [0, 0.05) is 18.5 Å². The molecule has 4 heteroatoms. The summed E-state index contributed by atoms with van der Waals surface area (Å²) in [4.78, 5) is 17.1. The zero-order valence-corrected chi connectivity index (χ0v) is 15.8. The monoisotopic (exact) mass is 370 g/mol. The van der Waals surface area contributed by atoms with Gasteiger partial charge in [0.1, 0.15) is 5.52 Å². The number of oxazole rings is 1. The van der Waals surface area contributed by atoms with Crippen LogP contribution in [-0.4, -0.2) is 17.4 Å². The van der Waals surface area contributed by atoms with Crippen molar-refractivity contribution in [3.8, 4) is 0 Å². The molecule has 1 unspecified atom stereocenters. The van der Waals surface area contributed by atoms with Gasteiger partial charge in [0.05, 0.1) is 0 Å². The Bertz CT molecular complexity index is 1070. The lowest BCUT2D eigenvalue weighted by molar-refractivity contribution is 0.0951. The number of aromatic nitrogens is 1. The van der Waals surface area contributed by atoms with Crippen LogP contribution in [0.3, 0.4) is 0 Å². The van der Waals surface area contributed by atoms with Crippen LogP contribution in [0.25, 0.3) is 11.1 Å². The molecule has 0 aliphatic heterocycles. The van der Waals surface area contributed by atoms with E-state index < -0.39 is 0 Å². The number of carbonyl (C=O) groups excluding carboxylic acids is 1. The van der Waals surface area contributed by atoms with E-state index in [2.05, 4.69) is 29.4 Å². The summed E-state index contributed by atoms with van der Waals surface area (Å²) in [5.41, 5.74) is 4.32. The summed E-state index contributed by atoms with van der Waals surface area (Å²) >= 11 is 0. The first-order chi connectivity index (χ1) is 13.7. The molecule has 3 aromatic carbocycles. The second kappa shape index (κ2) is 8.09. The molecular formula is C24H22N2O2. The minimum absolute atomic E-state index is 0.106. The highest BCUT2D eigenvalue weighted by molar-refractivity contribution is 5.97. The van der Waals surface area contributed by atoms with Crippen molar-refractivity contribution < 1.29 is 9.21 Å². The van der Waals surface area contributed by atoms with Gasteiger partial charge < -0.3 is 9.73 Å². The zero-order valence-electron chi connectivity index (χ0n) is 15.8.